The van der Waals surface area contributed by atoms with Gasteiger partial charge in [0.2, 0.25) is 0 Å². The molecule has 3 aromatic carbocycles. The van der Waals surface area contributed by atoms with Crippen molar-refractivity contribution in [2.45, 2.75) is 6.42 Å². The molecule has 4 rings (SSSR count). The van der Waals surface area contributed by atoms with Crippen molar-refractivity contribution in [3.63, 3.8) is 0 Å². The summed E-state index contributed by atoms with van der Waals surface area (Å²) in [6.07, 6.45) is 1.02. The number of aliphatic imine (C=N–C) groups is 1. The number of hydrogen-bond acceptors (Lipinski definition) is 2. The molecular weight excluding hydrogens is 238 g/mol. The zero-order chi connectivity index (χ0) is 12.1. The molecule has 0 unspecified atom stereocenters. The van der Waals surface area contributed by atoms with Gasteiger partial charge in [-0.15, -0.1) is 0 Å². The minimum atomic E-state index is 0.924. The average molecular weight is 247 g/mol. The highest BCUT2D eigenvalue weighted by Gasteiger charge is 2.18. The molecule has 1 aliphatic carbocycles. The van der Waals surface area contributed by atoms with Crippen LogP contribution in [-0.2, 0) is 6.42 Å². The lowest BCUT2D eigenvalue weighted by Gasteiger charge is -2.05. The lowest BCUT2D eigenvalue weighted by Crippen LogP contribution is -1.78. The first kappa shape index (κ1) is 9.95. The number of isothiocyanates is 1. The molecule has 0 atom stereocenters. The Hall–Kier alpha value is -2.02. The van der Waals surface area contributed by atoms with Crippen LogP contribution in [-0.4, -0.2) is 5.16 Å². The van der Waals surface area contributed by atoms with E-state index in [-0.39, 0.29) is 0 Å². The second-order valence-electron chi connectivity index (χ2n) is 4.63. The Kier molecular flexibility index (Phi) is 1.93. The molecule has 1 aliphatic rings. The number of nitrogens with zero attached hydrogens (tertiary/aromatic N) is 1. The summed E-state index contributed by atoms with van der Waals surface area (Å²) in [5, 5.41) is 7.64. The van der Waals surface area contributed by atoms with E-state index in [0.29, 0.717) is 0 Å². The van der Waals surface area contributed by atoms with Gasteiger partial charge in [0.15, 0.2) is 0 Å². The van der Waals surface area contributed by atoms with Crippen LogP contribution >= 0.6 is 12.2 Å². The molecule has 1 nitrogen and oxygen atoms in total. The number of hydrogen-bond donors (Lipinski definition) is 0. The first-order valence-electron chi connectivity index (χ1n) is 5.92. The summed E-state index contributed by atoms with van der Waals surface area (Å²) in [5.41, 5.74) is 3.73. The second kappa shape index (κ2) is 3.49. The number of rotatable bonds is 1. The zero-order valence-electron chi connectivity index (χ0n) is 9.60. The van der Waals surface area contributed by atoms with Crippen LogP contribution in [0.1, 0.15) is 11.1 Å². The van der Waals surface area contributed by atoms with Gasteiger partial charge in [-0.3, -0.25) is 0 Å². The molecule has 0 heterocycles. The molecule has 0 radical (unpaired) electrons. The van der Waals surface area contributed by atoms with Gasteiger partial charge < -0.3 is 0 Å². The van der Waals surface area contributed by atoms with Crippen molar-refractivity contribution >= 4 is 44.6 Å². The molecule has 0 amide bonds. The van der Waals surface area contributed by atoms with Gasteiger partial charge in [-0.2, -0.15) is 4.99 Å². The van der Waals surface area contributed by atoms with E-state index in [1.807, 2.05) is 0 Å². The smallest absolute Gasteiger partial charge is 0.0824 e. The molecule has 18 heavy (non-hydrogen) atoms. The van der Waals surface area contributed by atoms with Crippen molar-refractivity contribution in [3.05, 3.63) is 53.6 Å². The summed E-state index contributed by atoms with van der Waals surface area (Å²) in [6, 6.07) is 15.0. The predicted octanol–water partition coefficient (Wildman–Crippen LogP) is 4.63. The highest BCUT2D eigenvalue weighted by atomic mass is 32.1. The fourth-order valence-corrected chi connectivity index (χ4v) is 3.12. The second-order valence-corrected chi connectivity index (χ2v) is 4.81. The van der Waals surface area contributed by atoms with E-state index >= 15 is 0 Å². The molecule has 0 spiro atoms. The van der Waals surface area contributed by atoms with Crippen molar-refractivity contribution < 1.29 is 0 Å². The van der Waals surface area contributed by atoms with Gasteiger partial charge in [0.25, 0.3) is 0 Å². The third-order valence-corrected chi connectivity index (χ3v) is 3.79. The molecule has 0 saturated carbocycles. The summed E-state index contributed by atoms with van der Waals surface area (Å²) in [5.74, 6) is 0. The Morgan fingerprint density at radius 2 is 1.78 bits per heavy atom. The molecular formula is C16H9NS. The zero-order valence-corrected chi connectivity index (χ0v) is 10.4. The molecule has 0 aliphatic heterocycles. The van der Waals surface area contributed by atoms with Crippen molar-refractivity contribution in [3.8, 4) is 0 Å². The van der Waals surface area contributed by atoms with Gasteiger partial charge in [-0.1, -0.05) is 36.4 Å². The summed E-state index contributed by atoms with van der Waals surface area (Å²) < 4.78 is 0. The van der Waals surface area contributed by atoms with Gasteiger partial charge in [0, 0.05) is 5.39 Å². The van der Waals surface area contributed by atoms with E-state index in [1.165, 1.54) is 32.7 Å². The van der Waals surface area contributed by atoms with Crippen LogP contribution in [0.25, 0.3) is 21.5 Å². The van der Waals surface area contributed by atoms with Gasteiger partial charge in [0.05, 0.1) is 10.8 Å². The van der Waals surface area contributed by atoms with Gasteiger partial charge in [-0.05, 0) is 52.0 Å². The summed E-state index contributed by atoms with van der Waals surface area (Å²) in [4.78, 5) is 4.21. The minimum absolute atomic E-state index is 0.924. The van der Waals surface area contributed by atoms with Crippen LogP contribution in [0, 0.1) is 0 Å². The summed E-state index contributed by atoms with van der Waals surface area (Å²) in [7, 11) is 0. The fourth-order valence-electron chi connectivity index (χ4n) is 3.02. The topological polar surface area (TPSA) is 12.4 Å². The molecule has 0 fully saturated rings. The van der Waals surface area contributed by atoms with E-state index in [4.69, 9.17) is 12.2 Å². The largest absolute Gasteiger partial charge is 0.194 e. The lowest BCUT2D eigenvalue weighted by atomic mass is 10.0. The SMILES string of the molecule is S=C=Nc1cc2cccc3c2c2c(cccc12)C3. The maximum absolute atomic E-state index is 4.75. The molecule has 0 bridgehead atoms. The normalized spacial score (nSPS) is 12.2. The van der Waals surface area contributed by atoms with E-state index in [1.54, 1.807) is 0 Å². The van der Waals surface area contributed by atoms with Crippen molar-refractivity contribution in [1.29, 1.82) is 0 Å². The van der Waals surface area contributed by atoms with Crippen LogP contribution in [0.2, 0.25) is 0 Å². The number of benzene rings is 3. The fraction of sp³-hybridized carbons (Fsp3) is 0.0625. The van der Waals surface area contributed by atoms with Crippen LogP contribution < -0.4 is 0 Å². The number of thiocarbonyl (C=S) groups is 1. The van der Waals surface area contributed by atoms with Crippen LogP contribution in [0.15, 0.2) is 47.5 Å². The van der Waals surface area contributed by atoms with Crippen molar-refractivity contribution in [2.24, 2.45) is 4.99 Å². The van der Waals surface area contributed by atoms with E-state index < -0.39 is 0 Å². The Balaban J connectivity index is 2.35. The van der Waals surface area contributed by atoms with Crippen LogP contribution in [0.3, 0.4) is 0 Å². The van der Waals surface area contributed by atoms with Crippen molar-refractivity contribution in [2.75, 3.05) is 0 Å². The molecule has 84 valence electrons. The lowest BCUT2D eigenvalue weighted by molar-refractivity contribution is 1.27. The average Bonchev–Trinajstić information content (AvgIpc) is 2.77. The Morgan fingerprint density at radius 3 is 2.61 bits per heavy atom. The van der Waals surface area contributed by atoms with Gasteiger partial charge in [-0.25, -0.2) is 0 Å². The first-order valence-corrected chi connectivity index (χ1v) is 6.33. The summed E-state index contributed by atoms with van der Waals surface area (Å²) in [6.45, 7) is 0. The highest BCUT2D eigenvalue weighted by Crippen LogP contribution is 2.42. The third kappa shape index (κ3) is 1.16. The molecule has 3 aromatic rings. The van der Waals surface area contributed by atoms with Crippen LogP contribution in [0.4, 0.5) is 5.69 Å². The van der Waals surface area contributed by atoms with Gasteiger partial charge in [0.1, 0.15) is 0 Å². The first-order chi connectivity index (χ1) is 8.88. The summed E-state index contributed by atoms with van der Waals surface area (Å²) >= 11 is 4.75. The predicted molar refractivity (Wildman–Crippen MR) is 78.9 cm³/mol. The van der Waals surface area contributed by atoms with Crippen molar-refractivity contribution in [1.82, 2.24) is 0 Å². The minimum Gasteiger partial charge on any atom is -0.194 e. The molecule has 2 heteroatoms. The van der Waals surface area contributed by atoms with E-state index in [9.17, 15) is 0 Å². The Bertz CT molecular complexity index is 858. The van der Waals surface area contributed by atoms with E-state index in [0.717, 1.165) is 12.1 Å². The van der Waals surface area contributed by atoms with E-state index in [2.05, 4.69) is 52.6 Å². The quantitative estimate of drug-likeness (QED) is 0.271. The molecule has 0 N–H and O–H groups in total. The maximum Gasteiger partial charge on any atom is 0.0824 e. The molecule has 0 aromatic heterocycles. The Labute approximate surface area is 110 Å². The monoisotopic (exact) mass is 247 g/mol. The Morgan fingerprint density at radius 1 is 1.00 bits per heavy atom. The molecule has 0 saturated heterocycles. The standard InChI is InChI=1S/C16H9NS/c18-9-17-14-8-12-4-1-3-10-7-11-5-2-6-13(14)16(11)15(10)12/h1-6,8H,7H2. The highest BCUT2D eigenvalue weighted by molar-refractivity contribution is 7.78. The van der Waals surface area contributed by atoms with Gasteiger partial charge >= 0.3 is 0 Å². The van der Waals surface area contributed by atoms with Crippen LogP contribution in [0.5, 0.6) is 0 Å². The third-order valence-electron chi connectivity index (χ3n) is 3.70. The maximum atomic E-state index is 4.75.